The van der Waals surface area contributed by atoms with Gasteiger partial charge in [-0.1, -0.05) is 127 Å². The number of thiophene rings is 1. The quantitative estimate of drug-likeness (QED) is 0.257. The SMILES string of the molecule is c1ccc(-c2ccc(-c3ccccc3)c(-c3sc(-c4ccccc4)c4ccccc34)c2)cc1. The molecule has 6 rings (SSSR count). The predicted molar refractivity (Wildman–Crippen MR) is 144 cm³/mol. The van der Waals surface area contributed by atoms with E-state index in [0.717, 1.165) is 0 Å². The zero-order valence-corrected chi connectivity index (χ0v) is 18.9. The van der Waals surface area contributed by atoms with Crippen LogP contribution in [0.15, 0.2) is 133 Å². The van der Waals surface area contributed by atoms with Crippen molar-refractivity contribution >= 4 is 22.1 Å². The lowest BCUT2D eigenvalue weighted by Gasteiger charge is -2.12. The van der Waals surface area contributed by atoms with Crippen LogP contribution in [0, 0.1) is 0 Å². The summed E-state index contributed by atoms with van der Waals surface area (Å²) >= 11 is 1.89. The van der Waals surface area contributed by atoms with Crippen molar-refractivity contribution in [1.82, 2.24) is 0 Å². The predicted octanol–water partition coefficient (Wildman–Crippen LogP) is 9.57. The minimum absolute atomic E-state index is 1.24. The molecule has 1 aromatic heterocycles. The first-order valence-corrected chi connectivity index (χ1v) is 12.0. The van der Waals surface area contributed by atoms with Gasteiger partial charge in [-0.05, 0) is 33.9 Å². The number of benzene rings is 5. The Balaban J connectivity index is 1.64. The summed E-state index contributed by atoms with van der Waals surface area (Å²) in [7, 11) is 0. The van der Waals surface area contributed by atoms with Gasteiger partial charge < -0.3 is 0 Å². The lowest BCUT2D eigenvalue weighted by Crippen LogP contribution is -1.86. The summed E-state index contributed by atoms with van der Waals surface area (Å²) in [6.07, 6.45) is 0. The summed E-state index contributed by atoms with van der Waals surface area (Å²) < 4.78 is 0. The number of hydrogen-bond donors (Lipinski definition) is 0. The molecule has 0 bridgehead atoms. The topological polar surface area (TPSA) is 0 Å². The Morgan fingerprint density at radius 2 is 0.848 bits per heavy atom. The van der Waals surface area contributed by atoms with E-state index in [1.807, 2.05) is 11.3 Å². The van der Waals surface area contributed by atoms with Gasteiger partial charge in [0.25, 0.3) is 0 Å². The van der Waals surface area contributed by atoms with Gasteiger partial charge in [-0.15, -0.1) is 11.3 Å². The molecular formula is C32H22S. The molecule has 0 aliphatic heterocycles. The van der Waals surface area contributed by atoms with Crippen molar-refractivity contribution in [2.75, 3.05) is 0 Å². The molecule has 0 nitrogen and oxygen atoms in total. The van der Waals surface area contributed by atoms with Gasteiger partial charge in [0.2, 0.25) is 0 Å². The van der Waals surface area contributed by atoms with Crippen LogP contribution in [-0.4, -0.2) is 0 Å². The summed E-state index contributed by atoms with van der Waals surface area (Å²) in [5, 5.41) is 2.62. The van der Waals surface area contributed by atoms with Gasteiger partial charge in [-0.2, -0.15) is 0 Å². The van der Waals surface area contributed by atoms with Crippen molar-refractivity contribution in [2.45, 2.75) is 0 Å². The summed E-state index contributed by atoms with van der Waals surface area (Å²) in [6, 6.07) is 47.8. The molecule has 6 aromatic rings. The van der Waals surface area contributed by atoms with E-state index >= 15 is 0 Å². The average Bonchev–Trinajstić information content (AvgIpc) is 3.30. The minimum Gasteiger partial charge on any atom is -0.134 e. The molecule has 0 spiro atoms. The molecule has 33 heavy (non-hydrogen) atoms. The molecular weight excluding hydrogens is 416 g/mol. The second-order valence-corrected chi connectivity index (χ2v) is 9.18. The summed E-state index contributed by atoms with van der Waals surface area (Å²) in [4.78, 5) is 2.64. The van der Waals surface area contributed by atoms with Crippen LogP contribution in [-0.2, 0) is 0 Å². The molecule has 0 amide bonds. The van der Waals surface area contributed by atoms with Gasteiger partial charge in [0.15, 0.2) is 0 Å². The standard InChI is InChI=1S/C32H22S/c1-4-12-23(13-5-1)26-20-21-27(24-14-6-2-7-15-24)30(22-26)32-29-19-11-10-18-28(29)31(33-32)25-16-8-3-9-17-25/h1-22H. The first-order valence-electron chi connectivity index (χ1n) is 11.2. The molecule has 0 radical (unpaired) electrons. The zero-order chi connectivity index (χ0) is 22.0. The van der Waals surface area contributed by atoms with E-state index in [9.17, 15) is 0 Å². The molecule has 0 N–H and O–H groups in total. The van der Waals surface area contributed by atoms with Crippen LogP contribution in [0.25, 0.3) is 53.9 Å². The van der Waals surface area contributed by atoms with E-state index in [4.69, 9.17) is 0 Å². The van der Waals surface area contributed by atoms with Crippen LogP contribution in [0.2, 0.25) is 0 Å². The third kappa shape index (κ3) is 3.67. The normalized spacial score (nSPS) is 11.0. The fraction of sp³-hybridized carbons (Fsp3) is 0. The fourth-order valence-corrected chi connectivity index (χ4v) is 5.82. The van der Waals surface area contributed by atoms with Crippen LogP contribution in [0.3, 0.4) is 0 Å². The van der Waals surface area contributed by atoms with Crippen LogP contribution in [0.5, 0.6) is 0 Å². The Labute approximate surface area is 198 Å². The van der Waals surface area contributed by atoms with Crippen molar-refractivity contribution in [3.8, 4) is 43.1 Å². The maximum absolute atomic E-state index is 2.37. The van der Waals surface area contributed by atoms with Gasteiger partial charge in [0.05, 0.1) is 0 Å². The fourth-order valence-electron chi connectivity index (χ4n) is 4.51. The molecule has 1 heteroatoms. The molecule has 0 aliphatic rings. The number of rotatable bonds is 4. The highest BCUT2D eigenvalue weighted by molar-refractivity contribution is 7.21. The van der Waals surface area contributed by atoms with Gasteiger partial charge in [-0.25, -0.2) is 0 Å². The van der Waals surface area contributed by atoms with Crippen molar-refractivity contribution < 1.29 is 0 Å². The van der Waals surface area contributed by atoms with Crippen LogP contribution in [0.4, 0.5) is 0 Å². The average molecular weight is 439 g/mol. The first-order chi connectivity index (χ1) is 16.4. The Hall–Kier alpha value is -3.94. The highest BCUT2D eigenvalue weighted by Gasteiger charge is 2.18. The summed E-state index contributed by atoms with van der Waals surface area (Å²) in [6.45, 7) is 0. The van der Waals surface area contributed by atoms with Gasteiger partial charge in [0, 0.05) is 26.1 Å². The lowest BCUT2D eigenvalue weighted by atomic mass is 9.93. The molecule has 0 saturated heterocycles. The Kier molecular flexibility index (Phi) is 5.10. The second-order valence-electron chi connectivity index (χ2n) is 8.16. The highest BCUT2D eigenvalue weighted by Crippen LogP contribution is 2.47. The van der Waals surface area contributed by atoms with Crippen molar-refractivity contribution in [2.24, 2.45) is 0 Å². The smallest absolute Gasteiger partial charge is 0.0434 e. The molecule has 5 aromatic carbocycles. The van der Waals surface area contributed by atoms with Crippen molar-refractivity contribution in [3.63, 3.8) is 0 Å². The van der Waals surface area contributed by atoms with E-state index in [1.54, 1.807) is 0 Å². The maximum atomic E-state index is 2.37. The number of hydrogen-bond acceptors (Lipinski definition) is 1. The van der Waals surface area contributed by atoms with Crippen LogP contribution >= 0.6 is 11.3 Å². The maximum Gasteiger partial charge on any atom is 0.0434 e. The Bertz CT molecular complexity index is 1530. The Morgan fingerprint density at radius 3 is 1.48 bits per heavy atom. The molecule has 0 atom stereocenters. The second kappa shape index (κ2) is 8.54. The molecule has 0 aliphatic carbocycles. The summed E-state index contributed by atoms with van der Waals surface area (Å²) in [5.41, 5.74) is 7.54. The van der Waals surface area contributed by atoms with Crippen molar-refractivity contribution in [1.29, 1.82) is 0 Å². The van der Waals surface area contributed by atoms with Gasteiger partial charge in [0.1, 0.15) is 0 Å². The first kappa shape index (κ1) is 19.7. The molecule has 1 heterocycles. The zero-order valence-electron chi connectivity index (χ0n) is 18.1. The monoisotopic (exact) mass is 438 g/mol. The molecule has 0 saturated carbocycles. The molecule has 0 fully saturated rings. The largest absolute Gasteiger partial charge is 0.134 e. The van der Waals surface area contributed by atoms with E-state index in [2.05, 4.69) is 133 Å². The minimum atomic E-state index is 1.24. The van der Waals surface area contributed by atoms with Gasteiger partial charge >= 0.3 is 0 Å². The molecule has 156 valence electrons. The molecule has 0 unspecified atom stereocenters. The lowest BCUT2D eigenvalue weighted by molar-refractivity contribution is 1.59. The van der Waals surface area contributed by atoms with Gasteiger partial charge in [-0.3, -0.25) is 0 Å². The third-order valence-electron chi connectivity index (χ3n) is 6.11. The Morgan fingerprint density at radius 1 is 0.333 bits per heavy atom. The van der Waals surface area contributed by atoms with E-state index in [-0.39, 0.29) is 0 Å². The van der Waals surface area contributed by atoms with E-state index < -0.39 is 0 Å². The van der Waals surface area contributed by atoms with Crippen molar-refractivity contribution in [3.05, 3.63) is 133 Å². The van der Waals surface area contributed by atoms with E-state index in [1.165, 1.54) is 53.9 Å². The van der Waals surface area contributed by atoms with E-state index in [0.29, 0.717) is 0 Å². The number of fused-ring (bicyclic) bond motifs is 1. The third-order valence-corrected chi connectivity index (χ3v) is 7.42. The highest BCUT2D eigenvalue weighted by atomic mass is 32.1. The van der Waals surface area contributed by atoms with Crippen LogP contribution in [0.1, 0.15) is 0 Å². The summed E-state index contributed by atoms with van der Waals surface area (Å²) in [5.74, 6) is 0. The van der Waals surface area contributed by atoms with Crippen LogP contribution < -0.4 is 0 Å².